The Balaban J connectivity index is 1.91. The minimum absolute atomic E-state index is 0.0948. The topological polar surface area (TPSA) is 84.8 Å². The molecule has 0 unspecified atom stereocenters. The van der Waals surface area contributed by atoms with Crippen LogP contribution in [0.4, 0.5) is 0 Å². The van der Waals surface area contributed by atoms with Crippen molar-refractivity contribution < 1.29 is 38.3 Å². The van der Waals surface area contributed by atoms with Crippen LogP contribution < -0.4 is 33.2 Å². The van der Waals surface area contributed by atoms with Gasteiger partial charge in [0, 0.05) is 16.7 Å². The summed E-state index contributed by atoms with van der Waals surface area (Å²) in [5.41, 5.74) is 1.71. The highest BCUT2D eigenvalue weighted by atomic mass is 16.7. The van der Waals surface area contributed by atoms with Gasteiger partial charge < -0.3 is 38.3 Å². The lowest BCUT2D eigenvalue weighted by atomic mass is 9.73. The van der Waals surface area contributed by atoms with E-state index in [0.717, 1.165) is 11.1 Å². The minimum atomic E-state index is -1.30. The fourth-order valence-electron chi connectivity index (χ4n) is 5.26. The second-order valence-corrected chi connectivity index (χ2v) is 9.43. The summed E-state index contributed by atoms with van der Waals surface area (Å²) >= 11 is 0. The molecular weight excluding hydrogens is 476 g/mol. The molecule has 0 fully saturated rings. The maximum absolute atomic E-state index is 12.1. The first-order valence-electron chi connectivity index (χ1n) is 12.1. The molecule has 0 aromatic heterocycles. The molecule has 1 N–H and O–H groups in total. The molecular formula is C29H32O8. The summed E-state index contributed by atoms with van der Waals surface area (Å²) in [6, 6.07) is 13.2. The number of benzene rings is 3. The molecule has 0 amide bonds. The van der Waals surface area contributed by atoms with Crippen molar-refractivity contribution in [2.24, 2.45) is 5.92 Å². The van der Waals surface area contributed by atoms with E-state index in [1.165, 1.54) is 0 Å². The van der Waals surface area contributed by atoms with Gasteiger partial charge in [-0.25, -0.2) is 0 Å². The molecule has 1 heterocycles. The molecule has 8 nitrogen and oxygen atoms in total. The van der Waals surface area contributed by atoms with Crippen molar-refractivity contribution in [3.8, 4) is 51.4 Å². The summed E-state index contributed by atoms with van der Waals surface area (Å²) < 4.78 is 41.5. The first-order valence-corrected chi connectivity index (χ1v) is 12.1. The summed E-state index contributed by atoms with van der Waals surface area (Å²) in [6.07, 6.45) is -0.280. The van der Waals surface area contributed by atoms with Crippen LogP contribution in [0.15, 0.2) is 42.5 Å². The maximum atomic E-state index is 12.1. The summed E-state index contributed by atoms with van der Waals surface area (Å²) in [5.74, 6) is 3.33. The van der Waals surface area contributed by atoms with Crippen LogP contribution in [0.5, 0.6) is 40.2 Å². The van der Waals surface area contributed by atoms with E-state index in [2.05, 4.69) is 0 Å². The number of fused-ring (bicyclic) bond motifs is 4. The molecule has 3 aromatic rings. The van der Waals surface area contributed by atoms with Crippen molar-refractivity contribution in [3.05, 3.63) is 53.6 Å². The lowest BCUT2D eigenvalue weighted by molar-refractivity contribution is -0.0871. The Morgan fingerprint density at radius 3 is 2.22 bits per heavy atom. The van der Waals surface area contributed by atoms with Crippen molar-refractivity contribution in [1.29, 1.82) is 0 Å². The number of hydrogen-bond donors (Lipinski definition) is 1. The van der Waals surface area contributed by atoms with Crippen LogP contribution in [-0.4, -0.2) is 45.9 Å². The Hall–Kier alpha value is -3.78. The second kappa shape index (κ2) is 9.59. The standard InChI is InChI=1S/C29H32O8/c1-16-12-17-13-21-25(36-15-35-21)26(33-5)22(17)23-19(14-20(31-3)24(32-4)27(23)34-6)28(29(16,2)30)37-18-10-8-7-9-11-18/h7-11,13-14,16,28,30H,12,15H2,1-6H3/t16-,28-,29-/m1/s1. The van der Waals surface area contributed by atoms with Gasteiger partial charge in [0.1, 0.15) is 11.4 Å². The molecule has 37 heavy (non-hydrogen) atoms. The van der Waals surface area contributed by atoms with E-state index in [-0.39, 0.29) is 12.7 Å². The zero-order chi connectivity index (χ0) is 26.3. The average molecular weight is 509 g/mol. The summed E-state index contributed by atoms with van der Waals surface area (Å²) in [6.45, 7) is 3.90. The van der Waals surface area contributed by atoms with E-state index in [1.807, 2.05) is 49.4 Å². The molecule has 3 atom stereocenters. The van der Waals surface area contributed by atoms with Crippen LogP contribution >= 0.6 is 0 Å². The molecule has 1 aliphatic heterocycles. The van der Waals surface area contributed by atoms with Crippen molar-refractivity contribution in [2.45, 2.75) is 32.0 Å². The third kappa shape index (κ3) is 3.96. The van der Waals surface area contributed by atoms with Gasteiger partial charge >= 0.3 is 0 Å². The summed E-state index contributed by atoms with van der Waals surface area (Å²) in [5, 5.41) is 12.1. The summed E-state index contributed by atoms with van der Waals surface area (Å²) in [7, 11) is 6.29. The molecule has 1 aliphatic carbocycles. The Morgan fingerprint density at radius 2 is 1.57 bits per heavy atom. The molecule has 5 rings (SSSR count). The molecule has 0 spiro atoms. The Bertz CT molecular complexity index is 1300. The largest absolute Gasteiger partial charge is 0.493 e. The van der Waals surface area contributed by atoms with Gasteiger partial charge in [-0.15, -0.1) is 0 Å². The van der Waals surface area contributed by atoms with Gasteiger partial charge in [0.05, 0.1) is 28.4 Å². The van der Waals surface area contributed by atoms with Crippen molar-refractivity contribution in [1.82, 2.24) is 0 Å². The van der Waals surface area contributed by atoms with E-state index in [1.54, 1.807) is 35.4 Å². The highest BCUT2D eigenvalue weighted by Crippen LogP contribution is 2.59. The normalized spacial score (nSPS) is 21.7. The lowest BCUT2D eigenvalue weighted by Crippen LogP contribution is -2.44. The van der Waals surface area contributed by atoms with Crippen LogP contribution in [-0.2, 0) is 6.42 Å². The van der Waals surface area contributed by atoms with E-state index >= 15 is 0 Å². The number of hydrogen-bond acceptors (Lipinski definition) is 8. The Labute approximate surface area is 216 Å². The molecule has 0 radical (unpaired) electrons. The van der Waals surface area contributed by atoms with Gasteiger partial charge in [-0.3, -0.25) is 0 Å². The van der Waals surface area contributed by atoms with E-state index in [4.69, 9.17) is 33.2 Å². The Kier molecular flexibility index (Phi) is 6.45. The highest BCUT2D eigenvalue weighted by Gasteiger charge is 2.46. The van der Waals surface area contributed by atoms with Gasteiger partial charge in [0.15, 0.2) is 29.1 Å². The zero-order valence-electron chi connectivity index (χ0n) is 21.9. The number of rotatable bonds is 6. The SMILES string of the molecule is COc1cc2c(c(OC)c1OC)-c1c(cc3c(c1OC)OCO3)C[C@@H](C)[C@@](C)(O)[C@@H]2Oc1ccccc1. The first-order chi connectivity index (χ1) is 17.8. The van der Waals surface area contributed by atoms with Crippen molar-refractivity contribution >= 4 is 0 Å². The quantitative estimate of drug-likeness (QED) is 0.488. The van der Waals surface area contributed by atoms with Gasteiger partial charge in [0.2, 0.25) is 18.3 Å². The fourth-order valence-corrected chi connectivity index (χ4v) is 5.26. The number of ether oxygens (including phenoxy) is 7. The third-order valence-corrected chi connectivity index (χ3v) is 7.35. The molecule has 0 bridgehead atoms. The number of para-hydroxylation sites is 1. The van der Waals surface area contributed by atoms with Crippen LogP contribution in [0.1, 0.15) is 31.1 Å². The van der Waals surface area contributed by atoms with Gasteiger partial charge in [-0.2, -0.15) is 0 Å². The Morgan fingerprint density at radius 1 is 0.865 bits per heavy atom. The fraction of sp³-hybridized carbons (Fsp3) is 0.379. The van der Waals surface area contributed by atoms with Crippen LogP contribution in [0.25, 0.3) is 11.1 Å². The van der Waals surface area contributed by atoms with Crippen molar-refractivity contribution in [3.63, 3.8) is 0 Å². The van der Waals surface area contributed by atoms with Gasteiger partial charge in [0.25, 0.3) is 0 Å². The smallest absolute Gasteiger partial charge is 0.231 e. The maximum Gasteiger partial charge on any atom is 0.231 e. The lowest BCUT2D eigenvalue weighted by Gasteiger charge is -2.41. The van der Waals surface area contributed by atoms with Crippen LogP contribution in [0, 0.1) is 5.92 Å². The van der Waals surface area contributed by atoms with Crippen LogP contribution in [0.2, 0.25) is 0 Å². The van der Waals surface area contributed by atoms with Gasteiger partial charge in [-0.05, 0) is 49.1 Å². The highest BCUT2D eigenvalue weighted by molar-refractivity contribution is 5.89. The first kappa shape index (κ1) is 24.9. The van der Waals surface area contributed by atoms with Gasteiger partial charge in [-0.1, -0.05) is 25.1 Å². The molecule has 2 aliphatic rings. The molecule has 0 saturated carbocycles. The third-order valence-electron chi connectivity index (χ3n) is 7.35. The minimum Gasteiger partial charge on any atom is -0.493 e. The predicted molar refractivity (Wildman–Crippen MR) is 138 cm³/mol. The monoisotopic (exact) mass is 508 g/mol. The van der Waals surface area contributed by atoms with E-state index in [0.29, 0.717) is 57.8 Å². The zero-order valence-corrected chi connectivity index (χ0v) is 21.9. The van der Waals surface area contributed by atoms with Crippen LogP contribution in [0.3, 0.4) is 0 Å². The summed E-state index contributed by atoms with van der Waals surface area (Å²) in [4.78, 5) is 0. The molecule has 3 aromatic carbocycles. The molecule has 196 valence electrons. The number of methoxy groups -OCH3 is 4. The van der Waals surface area contributed by atoms with Crippen molar-refractivity contribution in [2.75, 3.05) is 35.2 Å². The van der Waals surface area contributed by atoms with E-state index in [9.17, 15) is 5.11 Å². The number of aliphatic hydroxyl groups is 1. The second-order valence-electron chi connectivity index (χ2n) is 9.43. The van der Waals surface area contributed by atoms with E-state index < -0.39 is 11.7 Å². The predicted octanol–water partition coefficient (Wildman–Crippen LogP) is 5.18. The molecule has 0 saturated heterocycles. The average Bonchev–Trinajstić information content (AvgIpc) is 3.38. The molecule has 8 heteroatoms.